The van der Waals surface area contributed by atoms with Gasteiger partial charge in [0.05, 0.1) is 0 Å². The molecule has 0 saturated heterocycles. The number of thiol groups is 1. The van der Waals surface area contributed by atoms with Crippen LogP contribution in [0.4, 0.5) is 0 Å². The van der Waals surface area contributed by atoms with Crippen molar-refractivity contribution in [2.45, 2.75) is 26.0 Å². The second-order valence-corrected chi connectivity index (χ2v) is 2.80. The van der Waals surface area contributed by atoms with Crippen molar-refractivity contribution in [3.63, 3.8) is 0 Å². The highest BCUT2D eigenvalue weighted by molar-refractivity contribution is 7.80. The normalized spacial score (nSPS) is 15.5. The monoisotopic (exact) mass is 104 g/mol. The van der Waals surface area contributed by atoms with Gasteiger partial charge in [0.15, 0.2) is 0 Å². The molecule has 0 nitrogen and oxygen atoms in total. The van der Waals surface area contributed by atoms with E-state index in [2.05, 4.69) is 33.4 Å². The standard InChI is InChI=1S/C5H12S/c1-4(2)5(3)6/h4-6H,1-3H3/t5-/m0/s1. The quantitative estimate of drug-likeness (QED) is 0.483. The van der Waals surface area contributed by atoms with Gasteiger partial charge in [-0.15, -0.1) is 0 Å². The highest BCUT2D eigenvalue weighted by atomic mass is 32.1. The fraction of sp³-hybridized carbons (Fsp3) is 1.00. The van der Waals surface area contributed by atoms with Gasteiger partial charge < -0.3 is 0 Å². The average Bonchev–Trinajstić information content (AvgIpc) is 1.36. The van der Waals surface area contributed by atoms with Crippen LogP contribution in [0.2, 0.25) is 0 Å². The summed E-state index contributed by atoms with van der Waals surface area (Å²) in [6.07, 6.45) is 0. The van der Waals surface area contributed by atoms with Gasteiger partial charge in [0.25, 0.3) is 0 Å². The van der Waals surface area contributed by atoms with E-state index in [9.17, 15) is 0 Å². The summed E-state index contributed by atoms with van der Waals surface area (Å²) in [5, 5.41) is 0.546. The maximum Gasteiger partial charge on any atom is 0.00114 e. The second-order valence-electron chi connectivity index (χ2n) is 1.98. The molecule has 0 bridgehead atoms. The lowest BCUT2D eigenvalue weighted by Crippen LogP contribution is -1.99. The summed E-state index contributed by atoms with van der Waals surface area (Å²) in [7, 11) is 0. The summed E-state index contributed by atoms with van der Waals surface area (Å²) < 4.78 is 0. The second kappa shape index (κ2) is 2.51. The molecule has 0 aliphatic carbocycles. The van der Waals surface area contributed by atoms with Crippen molar-refractivity contribution in [2.75, 3.05) is 0 Å². The summed E-state index contributed by atoms with van der Waals surface area (Å²) in [6, 6.07) is 0. The lowest BCUT2D eigenvalue weighted by Gasteiger charge is -2.04. The summed E-state index contributed by atoms with van der Waals surface area (Å²) in [5.41, 5.74) is 0. The Bertz CT molecular complexity index is 24.9. The molecule has 0 aromatic rings. The first-order chi connectivity index (χ1) is 2.64. The SMILES string of the molecule is CC(C)[C@H](C)S. The molecule has 6 heavy (non-hydrogen) atoms. The van der Waals surface area contributed by atoms with Crippen LogP contribution < -0.4 is 0 Å². The first-order valence-electron chi connectivity index (χ1n) is 2.32. The Labute approximate surface area is 45.4 Å². The van der Waals surface area contributed by atoms with Gasteiger partial charge in [-0.05, 0) is 5.92 Å². The van der Waals surface area contributed by atoms with Gasteiger partial charge in [-0.1, -0.05) is 20.8 Å². The summed E-state index contributed by atoms with van der Waals surface area (Å²) in [5.74, 6) is 0.716. The molecule has 0 aromatic heterocycles. The van der Waals surface area contributed by atoms with Crippen molar-refractivity contribution in [1.82, 2.24) is 0 Å². The predicted octanol–water partition coefficient (Wildman–Crippen LogP) is 1.96. The van der Waals surface area contributed by atoms with Crippen molar-refractivity contribution in [3.05, 3.63) is 0 Å². The molecule has 0 N–H and O–H groups in total. The van der Waals surface area contributed by atoms with Crippen LogP contribution in [-0.2, 0) is 0 Å². The Kier molecular flexibility index (Phi) is 2.66. The van der Waals surface area contributed by atoms with Gasteiger partial charge in [-0.3, -0.25) is 0 Å². The highest BCUT2D eigenvalue weighted by Crippen LogP contribution is 2.05. The molecule has 0 unspecified atom stereocenters. The first kappa shape index (κ1) is 6.35. The van der Waals surface area contributed by atoms with E-state index in [1.54, 1.807) is 0 Å². The molecule has 0 rings (SSSR count). The van der Waals surface area contributed by atoms with Crippen molar-refractivity contribution < 1.29 is 0 Å². The molecule has 0 spiro atoms. The van der Waals surface area contributed by atoms with Crippen LogP contribution in [-0.4, -0.2) is 5.25 Å². The minimum absolute atomic E-state index is 0.546. The zero-order valence-corrected chi connectivity index (χ0v) is 5.50. The van der Waals surface area contributed by atoms with Crippen molar-refractivity contribution in [1.29, 1.82) is 0 Å². The van der Waals surface area contributed by atoms with Crippen LogP contribution in [0.1, 0.15) is 20.8 Å². The van der Waals surface area contributed by atoms with Crippen molar-refractivity contribution in [3.8, 4) is 0 Å². The molecule has 0 aliphatic rings. The van der Waals surface area contributed by atoms with Crippen molar-refractivity contribution >= 4 is 12.6 Å². The molecule has 0 heterocycles. The largest absolute Gasteiger partial charge is 0.176 e. The molecule has 0 amide bonds. The van der Waals surface area contributed by atoms with E-state index in [1.165, 1.54) is 0 Å². The smallest absolute Gasteiger partial charge is 0.00114 e. The van der Waals surface area contributed by atoms with Gasteiger partial charge in [-0.25, -0.2) is 0 Å². The maximum atomic E-state index is 4.19. The fourth-order valence-corrected chi connectivity index (χ4v) is 0. The molecule has 0 saturated carbocycles. The van der Waals surface area contributed by atoms with Crippen LogP contribution in [0.25, 0.3) is 0 Å². The Balaban J connectivity index is 2.99. The van der Waals surface area contributed by atoms with E-state index in [0.717, 1.165) is 0 Å². The molecular weight excluding hydrogens is 92.1 g/mol. The fourth-order valence-electron chi connectivity index (χ4n) is 0. The molecule has 1 atom stereocenters. The summed E-state index contributed by atoms with van der Waals surface area (Å²) in [4.78, 5) is 0. The third kappa shape index (κ3) is 2.58. The molecule has 1 heteroatoms. The molecule has 38 valence electrons. The average molecular weight is 104 g/mol. The van der Waals surface area contributed by atoms with Gasteiger partial charge in [0, 0.05) is 5.25 Å². The van der Waals surface area contributed by atoms with E-state index < -0.39 is 0 Å². The molecule has 0 aliphatic heterocycles. The molecule has 0 fully saturated rings. The minimum Gasteiger partial charge on any atom is -0.176 e. The van der Waals surface area contributed by atoms with Gasteiger partial charge in [0.2, 0.25) is 0 Å². The van der Waals surface area contributed by atoms with E-state index >= 15 is 0 Å². The first-order valence-corrected chi connectivity index (χ1v) is 2.84. The zero-order valence-electron chi connectivity index (χ0n) is 4.60. The van der Waals surface area contributed by atoms with Crippen LogP contribution in [0, 0.1) is 5.92 Å². The summed E-state index contributed by atoms with van der Waals surface area (Å²) in [6.45, 7) is 6.43. The molecular formula is C5H12S. The van der Waals surface area contributed by atoms with Gasteiger partial charge in [0.1, 0.15) is 0 Å². The Morgan fingerprint density at radius 3 is 1.33 bits per heavy atom. The van der Waals surface area contributed by atoms with Gasteiger partial charge >= 0.3 is 0 Å². The number of hydrogen-bond donors (Lipinski definition) is 1. The van der Waals surface area contributed by atoms with Crippen LogP contribution in [0.15, 0.2) is 0 Å². The lowest BCUT2D eigenvalue weighted by atomic mass is 10.2. The predicted molar refractivity (Wildman–Crippen MR) is 33.3 cm³/mol. The number of hydrogen-bond acceptors (Lipinski definition) is 1. The zero-order chi connectivity index (χ0) is 5.15. The third-order valence-corrected chi connectivity index (χ3v) is 1.56. The van der Waals surface area contributed by atoms with Gasteiger partial charge in [-0.2, -0.15) is 12.6 Å². The molecule has 0 aromatic carbocycles. The Morgan fingerprint density at radius 1 is 1.17 bits per heavy atom. The third-order valence-electron chi connectivity index (χ3n) is 0.965. The Morgan fingerprint density at radius 2 is 1.33 bits per heavy atom. The van der Waals surface area contributed by atoms with Crippen LogP contribution in [0.5, 0.6) is 0 Å². The van der Waals surface area contributed by atoms with Crippen molar-refractivity contribution in [2.24, 2.45) is 5.92 Å². The summed E-state index contributed by atoms with van der Waals surface area (Å²) >= 11 is 4.19. The molecule has 0 radical (unpaired) electrons. The highest BCUT2D eigenvalue weighted by Gasteiger charge is 1.96. The lowest BCUT2D eigenvalue weighted by molar-refractivity contribution is 0.646. The number of rotatable bonds is 1. The minimum atomic E-state index is 0.546. The van der Waals surface area contributed by atoms with E-state index in [-0.39, 0.29) is 0 Å². The maximum absolute atomic E-state index is 4.19. The topological polar surface area (TPSA) is 0 Å². The van der Waals surface area contributed by atoms with E-state index in [4.69, 9.17) is 0 Å². The van der Waals surface area contributed by atoms with Crippen LogP contribution >= 0.6 is 12.6 Å². The van der Waals surface area contributed by atoms with E-state index in [0.29, 0.717) is 11.2 Å². The van der Waals surface area contributed by atoms with E-state index in [1.807, 2.05) is 0 Å². The van der Waals surface area contributed by atoms with Crippen LogP contribution in [0.3, 0.4) is 0 Å². The Hall–Kier alpha value is 0.350.